The number of benzene rings is 3. The predicted molar refractivity (Wildman–Crippen MR) is 149 cm³/mol. The second kappa shape index (κ2) is 9.90. The molecule has 0 saturated heterocycles. The van der Waals surface area contributed by atoms with Crippen molar-refractivity contribution in [1.29, 1.82) is 0 Å². The van der Waals surface area contributed by atoms with Gasteiger partial charge in [-0.3, -0.25) is 9.36 Å². The molecule has 0 N–H and O–H groups in total. The zero-order valence-corrected chi connectivity index (χ0v) is 22.0. The lowest BCUT2D eigenvalue weighted by molar-refractivity contribution is 0.553. The molecule has 0 radical (unpaired) electrons. The van der Waals surface area contributed by atoms with Gasteiger partial charge >= 0.3 is 0 Å². The largest absolute Gasteiger partial charge is 0.272 e. The maximum absolute atomic E-state index is 14.4. The Kier molecular flexibility index (Phi) is 6.45. The number of hydrogen-bond donors (Lipinski definition) is 0. The van der Waals surface area contributed by atoms with Crippen LogP contribution in [0.1, 0.15) is 42.0 Å². The highest BCUT2D eigenvalue weighted by Gasteiger charge is 2.33. The molecule has 1 unspecified atom stereocenters. The third kappa shape index (κ3) is 4.42. The van der Waals surface area contributed by atoms with E-state index in [1.54, 1.807) is 28.8 Å². The van der Waals surface area contributed by atoms with Gasteiger partial charge in [-0.1, -0.05) is 89.1 Å². The SMILES string of the molecule is O=c1c(=Cc2ccccc2F)sc2n1C(c1ccccc1Cl)C1=C(N=2)C(=Cc2ccccc2Cl)CCC1. The minimum atomic E-state index is -0.391. The van der Waals surface area contributed by atoms with Crippen LogP contribution in [-0.2, 0) is 0 Å². The third-order valence-electron chi connectivity index (χ3n) is 6.76. The predicted octanol–water partition coefficient (Wildman–Crippen LogP) is 6.93. The van der Waals surface area contributed by atoms with E-state index in [4.69, 9.17) is 28.2 Å². The van der Waals surface area contributed by atoms with Gasteiger partial charge in [0, 0.05) is 15.6 Å². The fraction of sp³-hybridized carbons (Fsp3) is 0.133. The molecule has 0 amide bonds. The molecule has 1 atom stereocenters. The van der Waals surface area contributed by atoms with E-state index in [9.17, 15) is 9.18 Å². The van der Waals surface area contributed by atoms with Gasteiger partial charge in [0.15, 0.2) is 4.80 Å². The maximum Gasteiger partial charge on any atom is 0.271 e. The molecule has 184 valence electrons. The lowest BCUT2D eigenvalue weighted by Crippen LogP contribution is -2.39. The summed E-state index contributed by atoms with van der Waals surface area (Å²) in [6.07, 6.45) is 6.27. The van der Waals surface area contributed by atoms with Crippen molar-refractivity contribution in [3.05, 3.63) is 142 Å². The van der Waals surface area contributed by atoms with Gasteiger partial charge in [0.25, 0.3) is 5.56 Å². The van der Waals surface area contributed by atoms with E-state index < -0.39 is 6.04 Å². The Bertz CT molecular complexity index is 1780. The number of fused-ring (bicyclic) bond motifs is 1. The summed E-state index contributed by atoms with van der Waals surface area (Å²) < 4.78 is 16.6. The fourth-order valence-corrected chi connectivity index (χ4v) is 6.46. The van der Waals surface area contributed by atoms with E-state index in [-0.39, 0.29) is 11.4 Å². The molecule has 37 heavy (non-hydrogen) atoms. The van der Waals surface area contributed by atoms with Crippen molar-refractivity contribution in [3.8, 4) is 0 Å². The van der Waals surface area contributed by atoms with Gasteiger partial charge in [0.05, 0.1) is 16.3 Å². The summed E-state index contributed by atoms with van der Waals surface area (Å²) in [6, 6.07) is 21.4. The van der Waals surface area contributed by atoms with Crippen LogP contribution in [0.3, 0.4) is 0 Å². The van der Waals surface area contributed by atoms with Gasteiger partial charge in [-0.05, 0) is 71.9 Å². The molecule has 3 nitrogen and oxygen atoms in total. The highest BCUT2D eigenvalue weighted by atomic mass is 35.5. The Morgan fingerprint density at radius 1 is 0.892 bits per heavy atom. The molecule has 0 spiro atoms. The number of rotatable bonds is 3. The van der Waals surface area contributed by atoms with Crippen LogP contribution in [0, 0.1) is 5.82 Å². The van der Waals surface area contributed by atoms with Crippen LogP contribution in [0.2, 0.25) is 10.0 Å². The number of nitrogens with zero attached hydrogens (tertiary/aromatic N) is 2. The molecular formula is C30H21Cl2FN2OS. The zero-order valence-electron chi connectivity index (χ0n) is 19.6. The highest BCUT2D eigenvalue weighted by Crippen LogP contribution is 2.42. The molecule has 1 aromatic heterocycles. The molecule has 0 bridgehead atoms. The van der Waals surface area contributed by atoms with Crippen molar-refractivity contribution in [3.63, 3.8) is 0 Å². The van der Waals surface area contributed by atoms with Gasteiger partial charge in [0.2, 0.25) is 0 Å². The van der Waals surface area contributed by atoms with Crippen LogP contribution in [0.4, 0.5) is 4.39 Å². The molecule has 3 aromatic carbocycles. The van der Waals surface area contributed by atoms with Crippen LogP contribution >= 0.6 is 34.5 Å². The van der Waals surface area contributed by atoms with E-state index in [0.717, 1.165) is 47.2 Å². The minimum absolute atomic E-state index is 0.203. The first-order chi connectivity index (χ1) is 18.0. The first kappa shape index (κ1) is 24.1. The summed E-state index contributed by atoms with van der Waals surface area (Å²) in [5.41, 5.74) is 4.97. The monoisotopic (exact) mass is 546 g/mol. The first-order valence-electron chi connectivity index (χ1n) is 12.0. The molecule has 2 heterocycles. The lowest BCUT2D eigenvalue weighted by atomic mass is 9.84. The van der Waals surface area contributed by atoms with Crippen molar-refractivity contribution in [2.24, 2.45) is 4.99 Å². The van der Waals surface area contributed by atoms with Crippen molar-refractivity contribution in [2.45, 2.75) is 25.3 Å². The summed E-state index contributed by atoms with van der Waals surface area (Å²) in [4.78, 5) is 19.4. The number of halogens is 3. The lowest BCUT2D eigenvalue weighted by Gasteiger charge is -2.31. The Labute approximate surface area is 227 Å². The summed E-state index contributed by atoms with van der Waals surface area (Å²) in [7, 11) is 0. The molecule has 1 aliphatic heterocycles. The maximum atomic E-state index is 14.4. The number of hydrogen-bond acceptors (Lipinski definition) is 3. The second-order valence-electron chi connectivity index (χ2n) is 9.04. The minimum Gasteiger partial charge on any atom is -0.272 e. The van der Waals surface area contributed by atoms with Gasteiger partial charge in [-0.2, -0.15) is 0 Å². The summed E-state index contributed by atoms with van der Waals surface area (Å²) in [6.45, 7) is 0. The first-order valence-corrected chi connectivity index (χ1v) is 13.6. The van der Waals surface area contributed by atoms with Gasteiger partial charge in [0.1, 0.15) is 5.82 Å². The average molecular weight is 547 g/mol. The molecule has 2 aliphatic rings. The van der Waals surface area contributed by atoms with Crippen molar-refractivity contribution in [2.75, 3.05) is 0 Å². The molecule has 0 fully saturated rings. The topological polar surface area (TPSA) is 34.4 Å². The van der Waals surface area contributed by atoms with Crippen molar-refractivity contribution < 1.29 is 4.39 Å². The Morgan fingerprint density at radius 3 is 2.35 bits per heavy atom. The molecule has 1 aliphatic carbocycles. The van der Waals surface area contributed by atoms with E-state index >= 15 is 0 Å². The summed E-state index contributed by atoms with van der Waals surface area (Å²) in [5.74, 6) is -0.375. The zero-order chi connectivity index (χ0) is 25.5. The highest BCUT2D eigenvalue weighted by molar-refractivity contribution is 7.07. The second-order valence-corrected chi connectivity index (χ2v) is 10.9. The number of allylic oxidation sites excluding steroid dienone is 2. The smallest absolute Gasteiger partial charge is 0.271 e. The summed E-state index contributed by atoms with van der Waals surface area (Å²) >= 11 is 14.4. The standard InChI is InChI=1S/C30H21Cl2FN2OS/c31-23-13-4-1-8-18(23)16-20-10-7-12-22-27(20)34-30-35(28(22)21-11-3-5-14-24(21)32)29(36)26(37-30)17-19-9-2-6-15-25(19)33/h1-6,8-9,11,13-17,28H,7,10,12H2. The quantitative estimate of drug-likeness (QED) is 0.274. The van der Waals surface area contributed by atoms with Crippen molar-refractivity contribution in [1.82, 2.24) is 4.57 Å². The van der Waals surface area contributed by atoms with Crippen LogP contribution in [-0.4, -0.2) is 4.57 Å². The van der Waals surface area contributed by atoms with Gasteiger partial charge in [-0.15, -0.1) is 0 Å². The van der Waals surface area contributed by atoms with E-state index in [1.165, 1.54) is 17.4 Å². The Hall–Kier alpha value is -3.25. The Balaban J connectivity index is 1.62. The molecule has 7 heteroatoms. The Morgan fingerprint density at radius 2 is 1.59 bits per heavy atom. The normalized spacial score (nSPS) is 18.5. The molecular weight excluding hydrogens is 526 g/mol. The average Bonchev–Trinajstić information content (AvgIpc) is 3.21. The number of thiazole rings is 1. The fourth-order valence-electron chi connectivity index (χ4n) is 5.04. The van der Waals surface area contributed by atoms with Crippen LogP contribution in [0.5, 0.6) is 0 Å². The number of aromatic nitrogens is 1. The van der Waals surface area contributed by atoms with Crippen LogP contribution < -0.4 is 14.9 Å². The van der Waals surface area contributed by atoms with E-state index in [1.807, 2.05) is 48.5 Å². The van der Waals surface area contributed by atoms with Crippen LogP contribution in [0.15, 0.2) is 99.4 Å². The van der Waals surface area contributed by atoms with E-state index in [0.29, 0.717) is 24.9 Å². The molecule has 6 rings (SSSR count). The third-order valence-corrected chi connectivity index (χ3v) is 8.43. The molecule has 0 saturated carbocycles. The van der Waals surface area contributed by atoms with Crippen molar-refractivity contribution >= 4 is 46.7 Å². The van der Waals surface area contributed by atoms with Gasteiger partial charge < -0.3 is 0 Å². The van der Waals surface area contributed by atoms with Gasteiger partial charge in [-0.25, -0.2) is 9.38 Å². The van der Waals surface area contributed by atoms with Crippen LogP contribution in [0.25, 0.3) is 12.2 Å². The van der Waals surface area contributed by atoms with E-state index in [2.05, 4.69) is 6.08 Å². The molecule has 4 aromatic rings. The summed E-state index contributed by atoms with van der Waals surface area (Å²) in [5, 5.41) is 1.27.